The second kappa shape index (κ2) is 8.99. The van der Waals surface area contributed by atoms with E-state index in [0.29, 0.717) is 18.0 Å². The zero-order chi connectivity index (χ0) is 21.0. The van der Waals surface area contributed by atoms with Gasteiger partial charge in [0.05, 0.1) is 18.7 Å². The van der Waals surface area contributed by atoms with Gasteiger partial charge in [-0.2, -0.15) is 0 Å². The molecular weight excluding hydrogens is 366 g/mol. The molecule has 0 aromatic heterocycles. The summed E-state index contributed by atoms with van der Waals surface area (Å²) < 4.78 is 5.29. The van der Waals surface area contributed by atoms with Crippen molar-refractivity contribution in [3.63, 3.8) is 0 Å². The van der Waals surface area contributed by atoms with Gasteiger partial charge < -0.3 is 19.9 Å². The topological polar surface area (TPSA) is 61.9 Å². The van der Waals surface area contributed by atoms with E-state index in [-0.39, 0.29) is 18.2 Å². The van der Waals surface area contributed by atoms with Crippen LogP contribution in [0.5, 0.6) is 5.75 Å². The zero-order valence-electron chi connectivity index (χ0n) is 17.6. The summed E-state index contributed by atoms with van der Waals surface area (Å²) in [7, 11) is 1.57. The van der Waals surface area contributed by atoms with E-state index in [2.05, 4.69) is 30.1 Å². The number of methoxy groups -OCH3 is 1. The maximum atomic E-state index is 12.8. The van der Waals surface area contributed by atoms with Crippen LogP contribution in [-0.2, 0) is 9.59 Å². The number of benzene rings is 2. The zero-order valence-corrected chi connectivity index (χ0v) is 17.6. The van der Waals surface area contributed by atoms with Crippen LogP contribution in [0.25, 0.3) is 0 Å². The first-order chi connectivity index (χ1) is 14.0. The molecule has 3 rings (SSSR count). The Hall–Kier alpha value is -3.02. The molecule has 1 fully saturated rings. The van der Waals surface area contributed by atoms with Crippen molar-refractivity contribution in [2.45, 2.75) is 27.2 Å². The fraction of sp³-hybridized carbons (Fsp3) is 0.391. The molecule has 154 valence electrons. The highest BCUT2D eigenvalue weighted by atomic mass is 16.5. The molecule has 0 bridgehead atoms. The summed E-state index contributed by atoms with van der Waals surface area (Å²) in [5.41, 5.74) is 3.67. The van der Waals surface area contributed by atoms with Crippen LogP contribution >= 0.6 is 0 Å². The Bertz CT molecular complexity index is 893. The van der Waals surface area contributed by atoms with Crippen molar-refractivity contribution in [2.75, 3.05) is 41.9 Å². The third-order valence-corrected chi connectivity index (χ3v) is 5.46. The molecule has 2 aromatic carbocycles. The van der Waals surface area contributed by atoms with Gasteiger partial charge in [-0.3, -0.25) is 9.59 Å². The van der Waals surface area contributed by atoms with Gasteiger partial charge in [-0.1, -0.05) is 12.1 Å². The second-order valence-corrected chi connectivity index (χ2v) is 7.24. The molecule has 6 heteroatoms. The van der Waals surface area contributed by atoms with E-state index >= 15 is 0 Å². The van der Waals surface area contributed by atoms with Gasteiger partial charge in [0, 0.05) is 37.4 Å². The fourth-order valence-corrected chi connectivity index (χ4v) is 3.83. The van der Waals surface area contributed by atoms with Crippen LogP contribution < -0.4 is 19.9 Å². The molecule has 1 aliphatic rings. The molecule has 0 spiro atoms. The smallest absolute Gasteiger partial charge is 0.229 e. The van der Waals surface area contributed by atoms with Gasteiger partial charge in [-0.15, -0.1) is 0 Å². The van der Waals surface area contributed by atoms with E-state index in [9.17, 15) is 9.59 Å². The lowest BCUT2D eigenvalue weighted by Crippen LogP contribution is -2.29. The highest BCUT2D eigenvalue weighted by Crippen LogP contribution is 2.32. The van der Waals surface area contributed by atoms with Gasteiger partial charge in [0.25, 0.3) is 0 Å². The Balaban J connectivity index is 1.74. The summed E-state index contributed by atoms with van der Waals surface area (Å²) in [5, 5.41) is 2.90. The molecule has 29 heavy (non-hydrogen) atoms. The molecule has 0 aliphatic carbocycles. The van der Waals surface area contributed by atoms with E-state index in [1.807, 2.05) is 31.2 Å². The third kappa shape index (κ3) is 4.36. The Kier molecular flexibility index (Phi) is 6.42. The summed E-state index contributed by atoms with van der Waals surface area (Å²) >= 11 is 0. The predicted molar refractivity (Wildman–Crippen MR) is 117 cm³/mol. The molecule has 1 atom stereocenters. The van der Waals surface area contributed by atoms with Crippen molar-refractivity contribution in [1.82, 2.24) is 0 Å². The largest absolute Gasteiger partial charge is 0.495 e. The highest BCUT2D eigenvalue weighted by Gasteiger charge is 2.36. The molecule has 2 aromatic rings. The normalized spacial score (nSPS) is 16.1. The molecular formula is C23H29N3O3. The first kappa shape index (κ1) is 20.7. The number of anilines is 3. The van der Waals surface area contributed by atoms with E-state index in [1.165, 1.54) is 0 Å². The van der Waals surface area contributed by atoms with Crippen LogP contribution in [0.15, 0.2) is 42.5 Å². The van der Waals surface area contributed by atoms with Crippen LogP contribution in [0.2, 0.25) is 0 Å². The summed E-state index contributed by atoms with van der Waals surface area (Å²) in [6.45, 7) is 8.51. The van der Waals surface area contributed by atoms with Gasteiger partial charge >= 0.3 is 0 Å². The maximum absolute atomic E-state index is 12.8. The van der Waals surface area contributed by atoms with Crippen molar-refractivity contribution < 1.29 is 14.3 Å². The summed E-state index contributed by atoms with van der Waals surface area (Å²) in [4.78, 5) is 29.4. The number of carbonyl (C=O) groups excluding carboxylic acids is 2. The molecule has 0 radical (unpaired) electrons. The Labute approximate surface area is 172 Å². The standard InChI is InChI=1S/C23H29N3O3/c1-5-25(6-2)18-11-12-20(16(3)13-18)26-15-17(14-22(26)27)23(28)24-19-9-7-8-10-21(19)29-4/h7-13,17H,5-6,14-15H2,1-4H3,(H,24,28). The van der Waals surface area contributed by atoms with Crippen LogP contribution in [-0.4, -0.2) is 38.6 Å². The van der Waals surface area contributed by atoms with E-state index in [0.717, 1.165) is 30.0 Å². The summed E-state index contributed by atoms with van der Waals surface area (Å²) in [6, 6.07) is 13.4. The molecule has 1 N–H and O–H groups in total. The van der Waals surface area contributed by atoms with E-state index < -0.39 is 5.92 Å². The van der Waals surface area contributed by atoms with Crippen LogP contribution in [0.1, 0.15) is 25.8 Å². The monoisotopic (exact) mass is 395 g/mol. The predicted octanol–water partition coefficient (Wildman–Crippen LogP) is 3.84. The van der Waals surface area contributed by atoms with Crippen molar-refractivity contribution in [1.29, 1.82) is 0 Å². The first-order valence-corrected chi connectivity index (χ1v) is 10.1. The van der Waals surface area contributed by atoms with Crippen molar-refractivity contribution in [3.05, 3.63) is 48.0 Å². The van der Waals surface area contributed by atoms with Crippen LogP contribution in [0.4, 0.5) is 17.1 Å². The maximum Gasteiger partial charge on any atom is 0.229 e. The number of aryl methyl sites for hydroxylation is 1. The highest BCUT2D eigenvalue weighted by molar-refractivity contribution is 6.04. The number of hydrogen-bond acceptors (Lipinski definition) is 4. The minimum absolute atomic E-state index is 0.0242. The number of nitrogens with zero attached hydrogens (tertiary/aromatic N) is 2. The quantitative estimate of drug-likeness (QED) is 0.774. The molecule has 1 unspecified atom stereocenters. The number of rotatable bonds is 7. The van der Waals surface area contributed by atoms with Gasteiger partial charge in [0.1, 0.15) is 5.75 Å². The molecule has 2 amide bonds. The number of nitrogens with one attached hydrogen (secondary N) is 1. The number of para-hydroxylation sites is 2. The summed E-state index contributed by atoms with van der Waals surface area (Å²) in [5.74, 6) is 0.0192. The lowest BCUT2D eigenvalue weighted by molar-refractivity contribution is -0.122. The van der Waals surface area contributed by atoms with Crippen LogP contribution in [0, 0.1) is 12.8 Å². The van der Waals surface area contributed by atoms with E-state index in [4.69, 9.17) is 4.74 Å². The van der Waals surface area contributed by atoms with Crippen molar-refractivity contribution >= 4 is 28.9 Å². The van der Waals surface area contributed by atoms with Crippen molar-refractivity contribution in [3.8, 4) is 5.75 Å². The third-order valence-electron chi connectivity index (χ3n) is 5.46. The Morgan fingerprint density at radius 2 is 1.93 bits per heavy atom. The molecule has 1 aliphatic heterocycles. The lowest BCUT2D eigenvalue weighted by atomic mass is 10.1. The average Bonchev–Trinajstić information content (AvgIpc) is 3.11. The van der Waals surface area contributed by atoms with E-state index in [1.54, 1.807) is 24.1 Å². The molecule has 0 saturated carbocycles. The van der Waals surface area contributed by atoms with Crippen LogP contribution in [0.3, 0.4) is 0 Å². The average molecular weight is 396 g/mol. The van der Waals surface area contributed by atoms with Gasteiger partial charge in [-0.25, -0.2) is 0 Å². The van der Waals surface area contributed by atoms with Gasteiger partial charge in [-0.05, 0) is 56.7 Å². The Morgan fingerprint density at radius 3 is 2.59 bits per heavy atom. The molecule has 1 saturated heterocycles. The number of carbonyl (C=O) groups is 2. The second-order valence-electron chi connectivity index (χ2n) is 7.24. The number of ether oxygens (including phenoxy) is 1. The number of amides is 2. The minimum atomic E-state index is -0.394. The first-order valence-electron chi connectivity index (χ1n) is 10.1. The number of hydrogen-bond donors (Lipinski definition) is 1. The minimum Gasteiger partial charge on any atom is -0.495 e. The molecule has 6 nitrogen and oxygen atoms in total. The van der Waals surface area contributed by atoms with Crippen molar-refractivity contribution in [2.24, 2.45) is 5.92 Å². The van der Waals surface area contributed by atoms with Gasteiger partial charge in [0.2, 0.25) is 11.8 Å². The molecule has 1 heterocycles. The van der Waals surface area contributed by atoms with Gasteiger partial charge in [0.15, 0.2) is 0 Å². The lowest BCUT2D eigenvalue weighted by Gasteiger charge is -2.24. The SMILES string of the molecule is CCN(CC)c1ccc(N2CC(C(=O)Nc3ccccc3OC)CC2=O)c(C)c1. The fourth-order valence-electron chi connectivity index (χ4n) is 3.83. The Morgan fingerprint density at radius 1 is 1.21 bits per heavy atom. The summed E-state index contributed by atoms with van der Waals surface area (Å²) in [6.07, 6.45) is 0.207.